The summed E-state index contributed by atoms with van der Waals surface area (Å²) in [4.78, 5) is 0. The van der Waals surface area contributed by atoms with Crippen molar-refractivity contribution in [2.75, 3.05) is 13.1 Å². The zero-order chi connectivity index (χ0) is 15.1. The van der Waals surface area contributed by atoms with Crippen molar-refractivity contribution in [2.45, 2.75) is 31.6 Å². The summed E-state index contributed by atoms with van der Waals surface area (Å²) in [5, 5.41) is 14.0. The summed E-state index contributed by atoms with van der Waals surface area (Å²) in [6.07, 6.45) is 4.64. The van der Waals surface area contributed by atoms with Gasteiger partial charge >= 0.3 is 0 Å². The van der Waals surface area contributed by atoms with Gasteiger partial charge in [-0.15, -0.1) is 17.0 Å². The number of aromatic hydroxyl groups is 1. The van der Waals surface area contributed by atoms with Gasteiger partial charge < -0.3 is 10.4 Å². The molecule has 2 aromatic rings. The number of benzene rings is 2. The van der Waals surface area contributed by atoms with Crippen LogP contribution >= 0.6 is 28.6 Å². The van der Waals surface area contributed by atoms with E-state index < -0.39 is 0 Å². The lowest BCUT2D eigenvalue weighted by molar-refractivity contribution is 0.474. The quantitative estimate of drug-likeness (QED) is 0.752. The normalized spacial score (nSPS) is 19.4. The van der Waals surface area contributed by atoms with E-state index in [-0.39, 0.29) is 28.6 Å². The standard InChI is InChI=1S/C19H20ClNO.BrH/c20-18-9-15-6-7-21-11-17(16(15)10-19(18)22)14-5-4-12-2-1-3-13(12)8-14;/h4-5,8-10,17,21-22H,1-3,6-7,11H2;1H. The molecule has 2 aliphatic rings. The molecule has 0 amide bonds. The average molecular weight is 395 g/mol. The Hall–Kier alpha value is -1.03. The maximum Gasteiger partial charge on any atom is 0.134 e. The molecule has 0 aromatic heterocycles. The van der Waals surface area contributed by atoms with E-state index in [1.807, 2.05) is 12.1 Å². The number of phenols is 1. The predicted octanol–water partition coefficient (Wildman–Crippen LogP) is 4.39. The van der Waals surface area contributed by atoms with E-state index >= 15 is 0 Å². The number of hydrogen-bond acceptors (Lipinski definition) is 2. The van der Waals surface area contributed by atoms with Gasteiger partial charge in [-0.3, -0.25) is 0 Å². The summed E-state index contributed by atoms with van der Waals surface area (Å²) < 4.78 is 0. The molecule has 2 aromatic carbocycles. The van der Waals surface area contributed by atoms with Crippen LogP contribution in [0.5, 0.6) is 5.75 Å². The number of rotatable bonds is 1. The first-order valence-corrected chi connectivity index (χ1v) is 8.44. The molecule has 1 aliphatic heterocycles. The molecule has 1 heterocycles. The lowest BCUT2D eigenvalue weighted by atomic mass is 9.86. The van der Waals surface area contributed by atoms with Crippen LogP contribution in [0, 0.1) is 0 Å². The lowest BCUT2D eigenvalue weighted by Gasteiger charge is -2.20. The van der Waals surface area contributed by atoms with Crippen molar-refractivity contribution in [3.05, 3.63) is 63.2 Å². The fraction of sp³-hybridized carbons (Fsp3) is 0.368. The van der Waals surface area contributed by atoms with Crippen LogP contribution in [-0.4, -0.2) is 18.2 Å². The number of aryl methyl sites for hydroxylation is 2. The third-order valence-corrected chi connectivity index (χ3v) is 5.33. The minimum atomic E-state index is 0. The molecule has 2 nitrogen and oxygen atoms in total. The summed E-state index contributed by atoms with van der Waals surface area (Å²) in [6.45, 7) is 1.86. The molecule has 0 radical (unpaired) electrons. The third kappa shape index (κ3) is 3.15. The topological polar surface area (TPSA) is 32.3 Å². The van der Waals surface area contributed by atoms with Crippen LogP contribution in [0.4, 0.5) is 0 Å². The van der Waals surface area contributed by atoms with Gasteiger partial charge in [0.25, 0.3) is 0 Å². The van der Waals surface area contributed by atoms with E-state index in [1.54, 1.807) is 0 Å². The van der Waals surface area contributed by atoms with Crippen molar-refractivity contribution in [1.29, 1.82) is 0 Å². The molecule has 0 fully saturated rings. The molecule has 4 heteroatoms. The minimum Gasteiger partial charge on any atom is -0.506 e. The Bertz CT molecular complexity index is 732. The van der Waals surface area contributed by atoms with Crippen LogP contribution < -0.4 is 5.32 Å². The zero-order valence-corrected chi connectivity index (χ0v) is 15.4. The number of nitrogens with one attached hydrogen (secondary N) is 1. The highest BCUT2D eigenvalue weighted by atomic mass is 79.9. The fourth-order valence-corrected chi connectivity index (χ4v) is 4.03. The molecule has 1 aliphatic carbocycles. The maximum absolute atomic E-state index is 10.0. The van der Waals surface area contributed by atoms with Gasteiger partial charge in [0.05, 0.1) is 5.02 Å². The first-order chi connectivity index (χ1) is 10.7. The van der Waals surface area contributed by atoms with E-state index in [4.69, 9.17) is 11.6 Å². The van der Waals surface area contributed by atoms with Gasteiger partial charge in [-0.25, -0.2) is 0 Å². The number of phenolic OH excluding ortho intramolecular Hbond substituents is 1. The van der Waals surface area contributed by atoms with Crippen LogP contribution in [0.1, 0.15) is 40.2 Å². The Morgan fingerprint density at radius 1 is 1.00 bits per heavy atom. The van der Waals surface area contributed by atoms with Gasteiger partial charge in [-0.05, 0) is 72.2 Å². The van der Waals surface area contributed by atoms with Crippen LogP contribution in [0.15, 0.2) is 30.3 Å². The molecular formula is C19H21BrClNO. The van der Waals surface area contributed by atoms with Crippen molar-refractivity contribution in [1.82, 2.24) is 5.32 Å². The monoisotopic (exact) mass is 393 g/mol. The second kappa shape index (κ2) is 6.84. The molecule has 1 atom stereocenters. The van der Waals surface area contributed by atoms with Crippen molar-refractivity contribution in [2.24, 2.45) is 0 Å². The highest BCUT2D eigenvalue weighted by Crippen LogP contribution is 2.36. The lowest BCUT2D eigenvalue weighted by Crippen LogP contribution is -2.21. The van der Waals surface area contributed by atoms with Crippen LogP contribution in [0.25, 0.3) is 0 Å². The summed E-state index contributed by atoms with van der Waals surface area (Å²) in [5.41, 5.74) is 6.81. The average Bonchev–Trinajstić information content (AvgIpc) is 2.89. The molecule has 0 bridgehead atoms. The van der Waals surface area contributed by atoms with E-state index in [2.05, 4.69) is 23.5 Å². The van der Waals surface area contributed by atoms with E-state index in [0.29, 0.717) is 5.02 Å². The molecule has 23 heavy (non-hydrogen) atoms. The Balaban J connectivity index is 0.00000156. The SMILES string of the molecule is Br.Oc1cc2c(cc1Cl)CCNCC2c1ccc2c(c1)CCC2. The molecule has 0 saturated carbocycles. The van der Waals surface area contributed by atoms with Crippen molar-refractivity contribution in [3.63, 3.8) is 0 Å². The summed E-state index contributed by atoms with van der Waals surface area (Å²) in [6, 6.07) is 10.7. The Morgan fingerprint density at radius 3 is 2.70 bits per heavy atom. The van der Waals surface area contributed by atoms with E-state index in [0.717, 1.165) is 19.5 Å². The Morgan fingerprint density at radius 2 is 1.83 bits per heavy atom. The van der Waals surface area contributed by atoms with Crippen LogP contribution in [-0.2, 0) is 19.3 Å². The number of halogens is 2. The molecule has 1 unspecified atom stereocenters. The Kier molecular flexibility index (Phi) is 5.00. The second-order valence-corrected chi connectivity index (χ2v) is 6.80. The molecular weight excluding hydrogens is 374 g/mol. The third-order valence-electron chi connectivity index (χ3n) is 5.03. The van der Waals surface area contributed by atoms with Crippen LogP contribution in [0.3, 0.4) is 0 Å². The fourth-order valence-electron chi connectivity index (χ4n) is 3.85. The van der Waals surface area contributed by atoms with E-state index in [1.165, 1.54) is 47.1 Å². The smallest absolute Gasteiger partial charge is 0.134 e. The summed E-state index contributed by atoms with van der Waals surface area (Å²) in [5.74, 6) is 0.472. The molecule has 122 valence electrons. The maximum atomic E-state index is 10.0. The largest absolute Gasteiger partial charge is 0.506 e. The summed E-state index contributed by atoms with van der Waals surface area (Å²) >= 11 is 6.10. The molecule has 2 N–H and O–H groups in total. The molecule has 4 rings (SSSR count). The second-order valence-electron chi connectivity index (χ2n) is 6.39. The predicted molar refractivity (Wildman–Crippen MR) is 100 cm³/mol. The van der Waals surface area contributed by atoms with Gasteiger partial charge in [-0.1, -0.05) is 29.8 Å². The summed E-state index contributed by atoms with van der Waals surface area (Å²) in [7, 11) is 0. The van der Waals surface area contributed by atoms with Gasteiger partial charge in [0.2, 0.25) is 0 Å². The van der Waals surface area contributed by atoms with Crippen molar-refractivity contribution >= 4 is 28.6 Å². The van der Waals surface area contributed by atoms with Gasteiger partial charge in [-0.2, -0.15) is 0 Å². The highest BCUT2D eigenvalue weighted by molar-refractivity contribution is 8.93. The zero-order valence-electron chi connectivity index (χ0n) is 12.9. The van der Waals surface area contributed by atoms with Gasteiger partial charge in [0, 0.05) is 12.5 Å². The van der Waals surface area contributed by atoms with Crippen molar-refractivity contribution in [3.8, 4) is 5.75 Å². The number of hydrogen-bond donors (Lipinski definition) is 2. The van der Waals surface area contributed by atoms with Gasteiger partial charge in [0.15, 0.2) is 0 Å². The van der Waals surface area contributed by atoms with Crippen LogP contribution in [0.2, 0.25) is 5.02 Å². The minimum absolute atomic E-state index is 0. The highest BCUT2D eigenvalue weighted by Gasteiger charge is 2.23. The van der Waals surface area contributed by atoms with Gasteiger partial charge in [0.1, 0.15) is 5.75 Å². The molecule has 0 saturated heterocycles. The van der Waals surface area contributed by atoms with E-state index in [9.17, 15) is 5.11 Å². The first kappa shape index (κ1) is 16.8. The first-order valence-electron chi connectivity index (χ1n) is 8.06. The molecule has 0 spiro atoms. The Labute approximate surface area is 152 Å². The van der Waals surface area contributed by atoms with Crippen molar-refractivity contribution < 1.29 is 5.11 Å². The number of fused-ring (bicyclic) bond motifs is 2.